The Morgan fingerprint density at radius 2 is 2.12 bits per heavy atom. The van der Waals surface area contributed by atoms with Crippen LogP contribution in [0.3, 0.4) is 0 Å². The molecule has 3 aliphatic rings. The molecule has 4 heterocycles. The lowest BCUT2D eigenvalue weighted by atomic mass is 10.1. The number of nitrogen functional groups attached to an aromatic ring is 1. The number of aromatic nitrogens is 2. The fourth-order valence-electron chi connectivity index (χ4n) is 2.52. The Hall–Kier alpha value is -1.71. The lowest BCUT2D eigenvalue weighted by molar-refractivity contribution is 0.00870. The highest BCUT2D eigenvalue weighted by Crippen LogP contribution is 2.26. The lowest BCUT2D eigenvalue weighted by Crippen LogP contribution is -2.57. The number of nitrogens with two attached hydrogens (primary N) is 1. The van der Waals surface area contributed by atoms with Gasteiger partial charge in [-0.15, -0.1) is 0 Å². The van der Waals surface area contributed by atoms with Crippen LogP contribution in [0.15, 0.2) is 6.20 Å². The maximum absolute atomic E-state index is 8.80. The van der Waals surface area contributed by atoms with Crippen molar-refractivity contribution in [2.45, 2.75) is 6.04 Å². The van der Waals surface area contributed by atoms with Gasteiger partial charge in [-0.3, -0.25) is 9.80 Å². The lowest BCUT2D eigenvalue weighted by Gasteiger charge is -2.46. The van der Waals surface area contributed by atoms with E-state index < -0.39 is 0 Å². The average molecular weight is 230 g/mol. The van der Waals surface area contributed by atoms with E-state index in [2.05, 4.69) is 19.8 Å². The second-order valence-corrected chi connectivity index (χ2v) is 4.49. The van der Waals surface area contributed by atoms with Crippen LogP contribution in [-0.2, 0) is 0 Å². The van der Waals surface area contributed by atoms with Crippen molar-refractivity contribution in [3.8, 4) is 6.07 Å². The molecular weight excluding hydrogens is 216 g/mol. The molecule has 2 N–H and O–H groups in total. The first kappa shape index (κ1) is 10.4. The molecule has 1 unspecified atom stereocenters. The van der Waals surface area contributed by atoms with E-state index in [0.717, 1.165) is 38.5 Å². The molecule has 88 valence electrons. The Bertz CT molecular complexity index is 471. The van der Waals surface area contributed by atoms with Gasteiger partial charge in [0.1, 0.15) is 23.3 Å². The monoisotopic (exact) mass is 230 g/mol. The third-order valence-electron chi connectivity index (χ3n) is 3.53. The van der Waals surface area contributed by atoms with E-state index in [0.29, 0.717) is 5.56 Å². The topological polar surface area (TPSA) is 82.1 Å². The highest BCUT2D eigenvalue weighted by Gasteiger charge is 2.34. The predicted molar refractivity (Wildman–Crippen MR) is 61.9 cm³/mol. The second-order valence-electron chi connectivity index (χ2n) is 4.49. The van der Waals surface area contributed by atoms with Crippen molar-refractivity contribution in [1.82, 2.24) is 19.8 Å². The normalized spacial score (nSPS) is 31.1. The highest BCUT2D eigenvalue weighted by molar-refractivity contribution is 5.46. The van der Waals surface area contributed by atoms with Gasteiger partial charge >= 0.3 is 0 Å². The minimum absolute atomic E-state index is 0.229. The van der Waals surface area contributed by atoms with Gasteiger partial charge in [-0.05, 0) is 0 Å². The number of hydrogen-bond donors (Lipinski definition) is 1. The van der Waals surface area contributed by atoms with Crippen LogP contribution in [0.2, 0.25) is 0 Å². The molecule has 0 aliphatic carbocycles. The third-order valence-corrected chi connectivity index (χ3v) is 3.53. The van der Waals surface area contributed by atoms with Gasteiger partial charge in [-0.25, -0.2) is 9.97 Å². The highest BCUT2D eigenvalue weighted by atomic mass is 15.4. The van der Waals surface area contributed by atoms with Crippen LogP contribution in [0.5, 0.6) is 0 Å². The number of anilines is 1. The first-order chi connectivity index (χ1) is 8.28. The summed E-state index contributed by atoms with van der Waals surface area (Å²) in [5, 5.41) is 8.80. The molecule has 3 fully saturated rings. The molecule has 6 nitrogen and oxygen atoms in total. The van der Waals surface area contributed by atoms with Crippen molar-refractivity contribution < 1.29 is 0 Å². The summed E-state index contributed by atoms with van der Waals surface area (Å²) in [6.07, 6.45) is 1.52. The Balaban J connectivity index is 1.90. The van der Waals surface area contributed by atoms with Crippen LogP contribution in [0.1, 0.15) is 17.4 Å². The zero-order valence-electron chi connectivity index (χ0n) is 9.50. The summed E-state index contributed by atoms with van der Waals surface area (Å²) >= 11 is 0. The van der Waals surface area contributed by atoms with E-state index in [9.17, 15) is 0 Å². The minimum atomic E-state index is 0.229. The van der Waals surface area contributed by atoms with Gasteiger partial charge in [0, 0.05) is 32.7 Å². The number of nitrogens with zero attached hydrogens (tertiary/aromatic N) is 5. The van der Waals surface area contributed by atoms with Gasteiger partial charge in [-0.2, -0.15) is 5.26 Å². The van der Waals surface area contributed by atoms with Gasteiger partial charge in [0.2, 0.25) is 0 Å². The van der Waals surface area contributed by atoms with Crippen LogP contribution >= 0.6 is 0 Å². The maximum atomic E-state index is 8.80. The molecule has 3 aliphatic heterocycles. The molecule has 0 saturated carbocycles. The molecular formula is C11H14N6. The van der Waals surface area contributed by atoms with E-state index in [1.165, 1.54) is 6.20 Å². The minimum Gasteiger partial charge on any atom is -0.382 e. The molecule has 1 atom stereocenters. The Morgan fingerprint density at radius 3 is 2.65 bits per heavy atom. The summed E-state index contributed by atoms with van der Waals surface area (Å²) in [5.41, 5.74) is 6.08. The van der Waals surface area contributed by atoms with Gasteiger partial charge in [0.15, 0.2) is 0 Å². The Morgan fingerprint density at radius 1 is 1.35 bits per heavy atom. The fraction of sp³-hybridized carbons (Fsp3) is 0.545. The van der Waals surface area contributed by atoms with Gasteiger partial charge in [0.05, 0.1) is 12.2 Å². The molecule has 6 heteroatoms. The SMILES string of the molecule is N#Cc1cnc(C2CN3CCN2CC3)nc1N. The standard InChI is InChI=1S/C11H14N6/c12-5-8-6-14-11(15-10(8)13)9-7-16-1-3-17(9)4-2-16/h6,9H,1-4,7H2,(H2,13,14,15). The summed E-state index contributed by atoms with van der Waals surface area (Å²) in [6.45, 7) is 5.34. The Kier molecular flexibility index (Phi) is 2.42. The van der Waals surface area contributed by atoms with Crippen LogP contribution in [-0.4, -0.2) is 52.5 Å². The van der Waals surface area contributed by atoms with Crippen molar-refractivity contribution in [3.63, 3.8) is 0 Å². The second kappa shape index (κ2) is 3.95. The summed E-state index contributed by atoms with van der Waals surface area (Å²) in [7, 11) is 0. The van der Waals surface area contributed by atoms with Gasteiger partial charge < -0.3 is 5.73 Å². The van der Waals surface area contributed by atoms with Crippen molar-refractivity contribution in [2.24, 2.45) is 0 Å². The molecule has 3 saturated heterocycles. The summed E-state index contributed by atoms with van der Waals surface area (Å²) in [6, 6.07) is 2.21. The number of fused-ring (bicyclic) bond motifs is 3. The van der Waals surface area contributed by atoms with Crippen molar-refractivity contribution in [3.05, 3.63) is 17.6 Å². The van der Waals surface area contributed by atoms with Crippen LogP contribution in [0.25, 0.3) is 0 Å². The molecule has 1 aromatic heterocycles. The number of hydrogen-bond acceptors (Lipinski definition) is 6. The molecule has 0 radical (unpaired) electrons. The van der Waals surface area contributed by atoms with E-state index in [4.69, 9.17) is 11.0 Å². The van der Waals surface area contributed by atoms with Gasteiger partial charge in [-0.1, -0.05) is 0 Å². The van der Waals surface area contributed by atoms with E-state index >= 15 is 0 Å². The number of rotatable bonds is 1. The average Bonchev–Trinajstić information content (AvgIpc) is 2.40. The molecule has 17 heavy (non-hydrogen) atoms. The van der Waals surface area contributed by atoms with Crippen LogP contribution < -0.4 is 5.73 Å². The zero-order valence-corrected chi connectivity index (χ0v) is 9.50. The largest absolute Gasteiger partial charge is 0.382 e. The smallest absolute Gasteiger partial charge is 0.149 e. The maximum Gasteiger partial charge on any atom is 0.149 e. The molecule has 2 bridgehead atoms. The van der Waals surface area contributed by atoms with E-state index in [1.54, 1.807) is 0 Å². The number of piperazine rings is 3. The zero-order chi connectivity index (χ0) is 11.8. The van der Waals surface area contributed by atoms with Crippen molar-refractivity contribution >= 4 is 5.82 Å². The summed E-state index contributed by atoms with van der Waals surface area (Å²) in [4.78, 5) is 13.3. The fourth-order valence-corrected chi connectivity index (χ4v) is 2.52. The van der Waals surface area contributed by atoms with Gasteiger partial charge in [0.25, 0.3) is 0 Å². The van der Waals surface area contributed by atoms with Crippen LogP contribution in [0.4, 0.5) is 5.82 Å². The van der Waals surface area contributed by atoms with Crippen LogP contribution in [0, 0.1) is 11.3 Å². The van der Waals surface area contributed by atoms with Crippen molar-refractivity contribution in [2.75, 3.05) is 38.5 Å². The molecule has 4 rings (SSSR count). The number of nitriles is 1. The summed E-state index contributed by atoms with van der Waals surface area (Å²) in [5.74, 6) is 1.03. The molecule has 1 aromatic rings. The Labute approximate surface area is 99.7 Å². The van der Waals surface area contributed by atoms with Crippen molar-refractivity contribution in [1.29, 1.82) is 5.26 Å². The molecule has 0 aromatic carbocycles. The molecule has 0 spiro atoms. The third kappa shape index (κ3) is 1.73. The van der Waals surface area contributed by atoms with E-state index in [-0.39, 0.29) is 11.9 Å². The first-order valence-electron chi connectivity index (χ1n) is 5.77. The van der Waals surface area contributed by atoms with E-state index in [1.807, 2.05) is 6.07 Å². The predicted octanol–water partition coefficient (Wildman–Crippen LogP) is -0.397. The summed E-state index contributed by atoms with van der Waals surface area (Å²) < 4.78 is 0. The quantitative estimate of drug-likeness (QED) is 0.707. The first-order valence-corrected chi connectivity index (χ1v) is 5.77. The molecule has 0 amide bonds.